The number of carbonyl (C=O) groups excluding carboxylic acids is 1. The molecule has 108 valence electrons. The van der Waals surface area contributed by atoms with Crippen molar-refractivity contribution in [3.63, 3.8) is 0 Å². The number of ketones is 1. The minimum absolute atomic E-state index is 0.0515. The summed E-state index contributed by atoms with van der Waals surface area (Å²) in [5.41, 5.74) is 1.20. The van der Waals surface area contributed by atoms with Crippen LogP contribution in [0.3, 0.4) is 0 Å². The van der Waals surface area contributed by atoms with Crippen LogP contribution in [0.5, 0.6) is 17.2 Å². The summed E-state index contributed by atoms with van der Waals surface area (Å²) in [5, 5.41) is 0. The minimum atomic E-state index is -0.0515. The van der Waals surface area contributed by atoms with Gasteiger partial charge in [-0.25, -0.2) is 0 Å². The van der Waals surface area contributed by atoms with Gasteiger partial charge in [0.15, 0.2) is 17.3 Å². The van der Waals surface area contributed by atoms with E-state index in [0.29, 0.717) is 22.6 Å². The van der Waals surface area contributed by atoms with E-state index in [-0.39, 0.29) is 18.7 Å². The van der Waals surface area contributed by atoms with E-state index in [1.807, 2.05) is 13.8 Å². The molecule has 0 aromatic heterocycles. The van der Waals surface area contributed by atoms with Crippen LogP contribution in [0.1, 0.15) is 29.8 Å². The number of benzene rings is 2. The van der Waals surface area contributed by atoms with E-state index in [2.05, 4.69) is 0 Å². The summed E-state index contributed by atoms with van der Waals surface area (Å²) in [6.07, 6.45) is 0.111. The molecule has 0 spiro atoms. The molecule has 4 heteroatoms. The fourth-order valence-electron chi connectivity index (χ4n) is 2.16. The third-order valence-corrected chi connectivity index (χ3v) is 3.12. The molecule has 21 heavy (non-hydrogen) atoms. The van der Waals surface area contributed by atoms with Gasteiger partial charge in [-0.1, -0.05) is 0 Å². The smallest absolute Gasteiger partial charge is 0.231 e. The maximum Gasteiger partial charge on any atom is 0.231 e. The first kappa shape index (κ1) is 13.5. The zero-order valence-electron chi connectivity index (χ0n) is 12.0. The van der Waals surface area contributed by atoms with Gasteiger partial charge < -0.3 is 14.2 Å². The first-order valence-electron chi connectivity index (χ1n) is 6.84. The Labute approximate surface area is 123 Å². The van der Waals surface area contributed by atoms with Crippen LogP contribution in [-0.4, -0.2) is 18.7 Å². The van der Waals surface area contributed by atoms with Gasteiger partial charge in [0.05, 0.1) is 6.10 Å². The van der Waals surface area contributed by atoms with Crippen molar-refractivity contribution in [3.8, 4) is 17.2 Å². The molecule has 0 amide bonds. The molecule has 0 bridgehead atoms. The molecule has 0 unspecified atom stereocenters. The van der Waals surface area contributed by atoms with Crippen LogP contribution in [0.2, 0.25) is 0 Å². The zero-order chi connectivity index (χ0) is 14.8. The zero-order valence-corrected chi connectivity index (χ0v) is 12.0. The fraction of sp³-hybridized carbons (Fsp3) is 0.235. The highest BCUT2D eigenvalue weighted by Gasteiger charge is 2.17. The highest BCUT2D eigenvalue weighted by molar-refractivity contribution is 6.09. The third kappa shape index (κ3) is 2.84. The summed E-state index contributed by atoms with van der Waals surface area (Å²) < 4.78 is 16.1. The van der Waals surface area contributed by atoms with E-state index in [1.165, 1.54) is 0 Å². The van der Waals surface area contributed by atoms with Crippen LogP contribution in [0.4, 0.5) is 0 Å². The van der Waals surface area contributed by atoms with E-state index < -0.39 is 0 Å². The Hall–Kier alpha value is -2.49. The van der Waals surface area contributed by atoms with Gasteiger partial charge in [-0.15, -0.1) is 0 Å². The van der Waals surface area contributed by atoms with Gasteiger partial charge in [0, 0.05) is 11.1 Å². The number of fused-ring (bicyclic) bond motifs is 1. The van der Waals surface area contributed by atoms with E-state index in [1.54, 1.807) is 42.5 Å². The number of rotatable bonds is 4. The Morgan fingerprint density at radius 3 is 2.38 bits per heavy atom. The van der Waals surface area contributed by atoms with Gasteiger partial charge in [-0.2, -0.15) is 0 Å². The molecular weight excluding hydrogens is 268 g/mol. The van der Waals surface area contributed by atoms with Crippen molar-refractivity contribution < 1.29 is 19.0 Å². The van der Waals surface area contributed by atoms with E-state index >= 15 is 0 Å². The lowest BCUT2D eigenvalue weighted by Gasteiger charge is -2.10. The van der Waals surface area contributed by atoms with E-state index in [4.69, 9.17) is 14.2 Å². The van der Waals surface area contributed by atoms with Gasteiger partial charge in [0.1, 0.15) is 5.75 Å². The van der Waals surface area contributed by atoms with E-state index in [9.17, 15) is 4.79 Å². The minimum Gasteiger partial charge on any atom is -0.491 e. The molecule has 0 fully saturated rings. The molecule has 3 rings (SSSR count). The predicted molar refractivity (Wildman–Crippen MR) is 78.2 cm³/mol. The second-order valence-corrected chi connectivity index (χ2v) is 5.09. The molecule has 1 aliphatic heterocycles. The number of ether oxygens (including phenoxy) is 3. The molecule has 0 N–H and O–H groups in total. The molecule has 4 nitrogen and oxygen atoms in total. The Balaban J connectivity index is 1.81. The van der Waals surface area contributed by atoms with Gasteiger partial charge in [-0.05, 0) is 56.3 Å². The SMILES string of the molecule is CC(C)Oc1ccc(C(=O)c2ccc3c(c2)OCO3)cc1. The number of hydrogen-bond donors (Lipinski definition) is 0. The highest BCUT2D eigenvalue weighted by Crippen LogP contribution is 2.33. The first-order valence-corrected chi connectivity index (χ1v) is 6.84. The normalized spacial score (nSPS) is 12.5. The fourth-order valence-corrected chi connectivity index (χ4v) is 2.16. The molecule has 2 aromatic rings. The molecule has 2 aromatic carbocycles. The molecule has 1 heterocycles. The molecule has 0 radical (unpaired) electrons. The van der Waals surface area contributed by atoms with Crippen LogP contribution in [0.15, 0.2) is 42.5 Å². The van der Waals surface area contributed by atoms with E-state index in [0.717, 1.165) is 5.75 Å². The summed E-state index contributed by atoms with van der Waals surface area (Å²) in [4.78, 5) is 12.4. The first-order chi connectivity index (χ1) is 10.1. The van der Waals surface area contributed by atoms with Gasteiger partial charge in [0.25, 0.3) is 0 Å². The molecule has 0 saturated heterocycles. The summed E-state index contributed by atoms with van der Waals surface area (Å²) in [5.74, 6) is 1.99. The summed E-state index contributed by atoms with van der Waals surface area (Å²) in [6, 6.07) is 12.4. The van der Waals surface area contributed by atoms with Crippen molar-refractivity contribution in [2.75, 3.05) is 6.79 Å². The molecule has 0 saturated carbocycles. The average molecular weight is 284 g/mol. The summed E-state index contributed by atoms with van der Waals surface area (Å²) in [6.45, 7) is 4.13. The van der Waals surface area contributed by atoms with Gasteiger partial charge >= 0.3 is 0 Å². The summed E-state index contributed by atoms with van der Waals surface area (Å²) in [7, 11) is 0. The van der Waals surface area contributed by atoms with Crippen LogP contribution in [0, 0.1) is 0 Å². The van der Waals surface area contributed by atoms with Crippen LogP contribution < -0.4 is 14.2 Å². The lowest BCUT2D eigenvalue weighted by atomic mass is 10.0. The van der Waals surface area contributed by atoms with Crippen molar-refractivity contribution in [3.05, 3.63) is 53.6 Å². The topological polar surface area (TPSA) is 44.8 Å². The second-order valence-electron chi connectivity index (χ2n) is 5.09. The molecule has 0 atom stereocenters. The van der Waals surface area contributed by atoms with Crippen molar-refractivity contribution in [2.45, 2.75) is 20.0 Å². The molecule has 0 aliphatic carbocycles. The predicted octanol–water partition coefficient (Wildman–Crippen LogP) is 3.43. The van der Waals surface area contributed by atoms with Crippen molar-refractivity contribution in [2.24, 2.45) is 0 Å². The number of hydrogen-bond acceptors (Lipinski definition) is 4. The quantitative estimate of drug-likeness (QED) is 0.807. The average Bonchev–Trinajstić information content (AvgIpc) is 2.94. The van der Waals surface area contributed by atoms with Crippen molar-refractivity contribution >= 4 is 5.78 Å². The Morgan fingerprint density at radius 1 is 1.00 bits per heavy atom. The highest BCUT2D eigenvalue weighted by atomic mass is 16.7. The Kier molecular flexibility index (Phi) is 3.52. The maximum atomic E-state index is 12.4. The van der Waals surface area contributed by atoms with Crippen LogP contribution in [-0.2, 0) is 0 Å². The van der Waals surface area contributed by atoms with Gasteiger partial charge in [0.2, 0.25) is 6.79 Å². The van der Waals surface area contributed by atoms with Crippen molar-refractivity contribution in [1.82, 2.24) is 0 Å². The Bertz CT molecular complexity index is 659. The maximum absolute atomic E-state index is 12.4. The standard InChI is InChI=1S/C17H16O4/c1-11(2)21-14-6-3-12(4-7-14)17(18)13-5-8-15-16(9-13)20-10-19-15/h3-9,11H,10H2,1-2H3. The monoisotopic (exact) mass is 284 g/mol. The molecule has 1 aliphatic rings. The largest absolute Gasteiger partial charge is 0.491 e. The molecular formula is C17H16O4. The van der Waals surface area contributed by atoms with Crippen LogP contribution >= 0.6 is 0 Å². The second kappa shape index (κ2) is 5.48. The van der Waals surface area contributed by atoms with Crippen LogP contribution in [0.25, 0.3) is 0 Å². The summed E-state index contributed by atoms with van der Waals surface area (Å²) >= 11 is 0. The third-order valence-electron chi connectivity index (χ3n) is 3.12. The van der Waals surface area contributed by atoms with Crippen molar-refractivity contribution in [1.29, 1.82) is 0 Å². The lowest BCUT2D eigenvalue weighted by molar-refractivity contribution is 0.103. The lowest BCUT2D eigenvalue weighted by Crippen LogP contribution is -2.06. The van der Waals surface area contributed by atoms with Gasteiger partial charge in [-0.3, -0.25) is 4.79 Å². The number of carbonyl (C=O) groups is 1. The Morgan fingerprint density at radius 2 is 1.67 bits per heavy atom.